The van der Waals surface area contributed by atoms with E-state index in [0.717, 1.165) is 41.1 Å². The number of aromatic nitrogens is 2. The van der Waals surface area contributed by atoms with Crippen molar-refractivity contribution in [2.45, 2.75) is 45.7 Å². The Morgan fingerprint density at radius 3 is 2.73 bits per heavy atom. The molecule has 3 aromatic rings. The lowest BCUT2D eigenvalue weighted by atomic mass is 10.1. The monoisotopic (exact) mass is 349 g/mol. The standard InChI is InChI=1S/C22H27N3O/c1-3-5-8-15-25-20-14-7-6-13-19(20)24-22(25)23-16-18-12-9-11-17(10-4-2)21(18)26/h4,6-7,9,11-14,26H,2-3,5,8,10,15-16H2,1H3,(H,23,24). The Hall–Kier alpha value is -2.75. The molecule has 1 heterocycles. The van der Waals surface area contributed by atoms with Crippen molar-refractivity contribution in [1.82, 2.24) is 9.55 Å². The lowest BCUT2D eigenvalue weighted by Crippen LogP contribution is -2.08. The Balaban J connectivity index is 1.83. The molecule has 0 aliphatic carbocycles. The molecule has 0 unspecified atom stereocenters. The number of fused-ring (bicyclic) bond motifs is 1. The maximum atomic E-state index is 10.5. The number of phenols is 1. The van der Waals surface area contributed by atoms with Crippen LogP contribution in [0.15, 0.2) is 55.1 Å². The van der Waals surface area contributed by atoms with Crippen LogP contribution in [0.2, 0.25) is 0 Å². The summed E-state index contributed by atoms with van der Waals surface area (Å²) >= 11 is 0. The lowest BCUT2D eigenvalue weighted by Gasteiger charge is -2.13. The molecule has 2 N–H and O–H groups in total. The molecule has 0 atom stereocenters. The summed E-state index contributed by atoms with van der Waals surface area (Å²) in [6.07, 6.45) is 6.00. The summed E-state index contributed by atoms with van der Waals surface area (Å²) in [5, 5.41) is 13.9. The van der Waals surface area contributed by atoms with E-state index in [2.05, 4.69) is 35.5 Å². The van der Waals surface area contributed by atoms with E-state index in [9.17, 15) is 5.11 Å². The molecule has 0 amide bonds. The summed E-state index contributed by atoms with van der Waals surface area (Å²) < 4.78 is 2.25. The molecule has 4 heteroatoms. The van der Waals surface area contributed by atoms with Crippen molar-refractivity contribution in [2.24, 2.45) is 0 Å². The molecular weight excluding hydrogens is 322 g/mol. The van der Waals surface area contributed by atoms with Crippen LogP contribution in [0, 0.1) is 0 Å². The predicted octanol–water partition coefficient (Wildman–Crippen LogP) is 5.27. The van der Waals surface area contributed by atoms with Crippen LogP contribution in [-0.4, -0.2) is 14.7 Å². The number of allylic oxidation sites excluding steroid dienone is 1. The van der Waals surface area contributed by atoms with Gasteiger partial charge in [0.05, 0.1) is 11.0 Å². The molecule has 0 saturated carbocycles. The fraction of sp³-hybridized carbons (Fsp3) is 0.318. The Morgan fingerprint density at radius 1 is 1.12 bits per heavy atom. The van der Waals surface area contributed by atoms with Crippen molar-refractivity contribution in [1.29, 1.82) is 0 Å². The van der Waals surface area contributed by atoms with Crippen LogP contribution >= 0.6 is 0 Å². The zero-order valence-corrected chi connectivity index (χ0v) is 15.4. The molecule has 0 bridgehead atoms. The summed E-state index contributed by atoms with van der Waals surface area (Å²) in [4.78, 5) is 4.75. The second-order valence-corrected chi connectivity index (χ2v) is 6.55. The fourth-order valence-corrected chi connectivity index (χ4v) is 3.24. The van der Waals surface area contributed by atoms with Crippen molar-refractivity contribution >= 4 is 17.0 Å². The van der Waals surface area contributed by atoms with E-state index >= 15 is 0 Å². The van der Waals surface area contributed by atoms with E-state index in [1.807, 2.05) is 30.3 Å². The number of phenolic OH excluding ortho intramolecular Hbond substituents is 1. The Labute approximate surface area is 155 Å². The van der Waals surface area contributed by atoms with Crippen LogP contribution in [-0.2, 0) is 19.5 Å². The smallest absolute Gasteiger partial charge is 0.204 e. The molecule has 4 nitrogen and oxygen atoms in total. The van der Waals surface area contributed by atoms with Gasteiger partial charge in [-0.15, -0.1) is 6.58 Å². The second-order valence-electron chi connectivity index (χ2n) is 6.55. The van der Waals surface area contributed by atoms with Crippen molar-refractivity contribution < 1.29 is 5.11 Å². The van der Waals surface area contributed by atoms with Crippen LogP contribution in [0.3, 0.4) is 0 Å². The highest BCUT2D eigenvalue weighted by molar-refractivity contribution is 5.78. The van der Waals surface area contributed by atoms with Crippen molar-refractivity contribution in [3.8, 4) is 5.75 Å². The van der Waals surface area contributed by atoms with E-state index in [4.69, 9.17) is 4.98 Å². The Morgan fingerprint density at radius 2 is 1.92 bits per heavy atom. The van der Waals surface area contributed by atoms with Crippen LogP contribution in [0.25, 0.3) is 11.0 Å². The van der Waals surface area contributed by atoms with Gasteiger partial charge in [0, 0.05) is 18.7 Å². The van der Waals surface area contributed by atoms with E-state index in [1.54, 1.807) is 6.08 Å². The van der Waals surface area contributed by atoms with Gasteiger partial charge in [-0.3, -0.25) is 0 Å². The summed E-state index contributed by atoms with van der Waals surface area (Å²) in [6.45, 7) is 7.44. The molecule has 0 spiro atoms. The molecule has 26 heavy (non-hydrogen) atoms. The van der Waals surface area contributed by atoms with Crippen molar-refractivity contribution in [3.05, 3.63) is 66.2 Å². The van der Waals surface area contributed by atoms with Crippen LogP contribution in [0.4, 0.5) is 5.95 Å². The van der Waals surface area contributed by atoms with E-state index in [-0.39, 0.29) is 0 Å². The third-order valence-corrected chi connectivity index (χ3v) is 4.64. The number of nitrogens with one attached hydrogen (secondary N) is 1. The highest BCUT2D eigenvalue weighted by Gasteiger charge is 2.11. The molecule has 3 rings (SSSR count). The molecular formula is C22H27N3O. The summed E-state index contributed by atoms with van der Waals surface area (Å²) in [5.41, 5.74) is 3.92. The quantitative estimate of drug-likeness (QED) is 0.408. The third-order valence-electron chi connectivity index (χ3n) is 4.64. The molecule has 0 radical (unpaired) electrons. The number of para-hydroxylation sites is 3. The SMILES string of the molecule is C=CCc1cccc(CNc2nc3ccccc3n2CCCCC)c1O. The van der Waals surface area contributed by atoms with Gasteiger partial charge >= 0.3 is 0 Å². The first-order chi connectivity index (χ1) is 12.7. The number of hydrogen-bond donors (Lipinski definition) is 2. The van der Waals surface area contributed by atoms with Gasteiger partial charge in [0.25, 0.3) is 0 Å². The maximum Gasteiger partial charge on any atom is 0.204 e. The number of unbranched alkanes of at least 4 members (excludes halogenated alkanes) is 2. The number of hydrogen-bond acceptors (Lipinski definition) is 3. The maximum absolute atomic E-state index is 10.5. The molecule has 0 fully saturated rings. The number of aryl methyl sites for hydroxylation is 1. The Kier molecular flexibility index (Phi) is 5.95. The lowest BCUT2D eigenvalue weighted by molar-refractivity contribution is 0.463. The first-order valence-electron chi connectivity index (χ1n) is 9.34. The van der Waals surface area contributed by atoms with E-state index < -0.39 is 0 Å². The van der Waals surface area contributed by atoms with Crippen molar-refractivity contribution in [3.63, 3.8) is 0 Å². The second kappa shape index (κ2) is 8.56. The topological polar surface area (TPSA) is 50.1 Å². The van der Waals surface area contributed by atoms with Gasteiger partial charge in [0.15, 0.2) is 0 Å². The van der Waals surface area contributed by atoms with Gasteiger partial charge in [-0.05, 0) is 30.5 Å². The van der Waals surface area contributed by atoms with Gasteiger partial charge < -0.3 is 15.0 Å². The van der Waals surface area contributed by atoms with Crippen molar-refractivity contribution in [2.75, 3.05) is 5.32 Å². The number of nitrogens with zero attached hydrogens (tertiary/aromatic N) is 2. The molecule has 1 aromatic heterocycles. The number of aromatic hydroxyl groups is 1. The summed E-state index contributed by atoms with van der Waals surface area (Å²) in [7, 11) is 0. The summed E-state index contributed by atoms with van der Waals surface area (Å²) in [6, 6.07) is 14.1. The Bertz CT molecular complexity index is 882. The minimum atomic E-state index is 0.341. The normalized spacial score (nSPS) is 11.0. The van der Waals surface area contributed by atoms with Gasteiger partial charge in [-0.2, -0.15) is 0 Å². The number of imidazole rings is 1. The molecule has 0 aliphatic heterocycles. The number of rotatable bonds is 9. The first-order valence-corrected chi connectivity index (χ1v) is 9.34. The fourth-order valence-electron chi connectivity index (χ4n) is 3.24. The van der Waals surface area contributed by atoms with E-state index in [1.165, 1.54) is 12.8 Å². The molecule has 2 aromatic carbocycles. The average molecular weight is 349 g/mol. The van der Waals surface area contributed by atoms with E-state index in [0.29, 0.717) is 18.7 Å². The minimum absolute atomic E-state index is 0.341. The largest absolute Gasteiger partial charge is 0.507 e. The van der Waals surface area contributed by atoms with Crippen LogP contribution in [0.1, 0.15) is 37.3 Å². The van der Waals surface area contributed by atoms with Crippen LogP contribution in [0.5, 0.6) is 5.75 Å². The third kappa shape index (κ3) is 3.90. The predicted molar refractivity (Wildman–Crippen MR) is 109 cm³/mol. The molecule has 136 valence electrons. The minimum Gasteiger partial charge on any atom is -0.507 e. The van der Waals surface area contributed by atoms with Gasteiger partial charge in [0.1, 0.15) is 5.75 Å². The molecule has 0 saturated heterocycles. The van der Waals surface area contributed by atoms with Gasteiger partial charge in [-0.1, -0.05) is 56.2 Å². The summed E-state index contributed by atoms with van der Waals surface area (Å²) in [5.74, 6) is 1.20. The van der Waals surface area contributed by atoms with Gasteiger partial charge in [-0.25, -0.2) is 4.98 Å². The zero-order chi connectivity index (χ0) is 18.4. The first kappa shape index (κ1) is 18.1. The van der Waals surface area contributed by atoms with Crippen LogP contribution < -0.4 is 5.32 Å². The number of anilines is 1. The number of benzene rings is 2. The highest BCUT2D eigenvalue weighted by atomic mass is 16.3. The van der Waals surface area contributed by atoms with Gasteiger partial charge in [0.2, 0.25) is 5.95 Å². The molecule has 0 aliphatic rings. The average Bonchev–Trinajstić information content (AvgIpc) is 3.01. The zero-order valence-electron chi connectivity index (χ0n) is 15.4. The highest BCUT2D eigenvalue weighted by Crippen LogP contribution is 2.25.